The van der Waals surface area contributed by atoms with Crippen LogP contribution in [-0.2, 0) is 16.1 Å². The first-order chi connectivity index (χ1) is 14.6. The van der Waals surface area contributed by atoms with Crippen LogP contribution in [0.25, 0.3) is 0 Å². The van der Waals surface area contributed by atoms with E-state index in [0.29, 0.717) is 13.0 Å². The summed E-state index contributed by atoms with van der Waals surface area (Å²) in [5.74, 6) is 1.61. The number of hydrogen-bond donors (Lipinski definition) is 3. The molecule has 1 fully saturated rings. The molecule has 1 aliphatic rings. The molecule has 7 nitrogen and oxygen atoms in total. The number of morpholine rings is 1. The molecule has 1 amide bonds. The summed E-state index contributed by atoms with van der Waals surface area (Å²) >= 11 is 0. The highest BCUT2D eigenvalue weighted by Crippen LogP contribution is 2.11. The summed E-state index contributed by atoms with van der Waals surface area (Å²) in [4.78, 5) is 18.8. The van der Waals surface area contributed by atoms with Gasteiger partial charge in [-0.2, -0.15) is 0 Å². The first-order valence-corrected chi connectivity index (χ1v) is 11.2. The Morgan fingerprint density at radius 1 is 1.19 bits per heavy atom. The topological polar surface area (TPSA) is 78.0 Å². The van der Waals surface area contributed by atoms with Crippen molar-refractivity contribution in [3.63, 3.8) is 0 Å². The molecular weight excluding hydrogens is 505 g/mol. The molecule has 1 saturated heterocycles. The number of rotatable bonds is 11. The lowest BCUT2D eigenvalue weighted by Crippen LogP contribution is -2.38. The molecule has 1 aliphatic heterocycles. The van der Waals surface area contributed by atoms with Crippen LogP contribution >= 0.6 is 24.0 Å². The number of guanidine groups is 1. The zero-order chi connectivity index (χ0) is 21.6. The molecule has 1 aromatic rings. The van der Waals surface area contributed by atoms with E-state index < -0.39 is 0 Å². The minimum absolute atomic E-state index is 0. The van der Waals surface area contributed by atoms with Crippen LogP contribution in [0.2, 0.25) is 0 Å². The highest BCUT2D eigenvalue weighted by molar-refractivity contribution is 14.0. The largest absolute Gasteiger partial charge is 0.379 e. The number of amides is 1. The maximum Gasteiger partial charge on any atom is 0.225 e. The van der Waals surface area contributed by atoms with Gasteiger partial charge in [-0.25, -0.2) is 0 Å². The Kier molecular flexibility index (Phi) is 14.5. The summed E-state index contributed by atoms with van der Waals surface area (Å²) < 4.78 is 5.34. The Labute approximate surface area is 204 Å². The summed E-state index contributed by atoms with van der Waals surface area (Å²) in [6.45, 7) is 10.2. The smallest absolute Gasteiger partial charge is 0.225 e. The third-order valence-corrected chi connectivity index (χ3v) is 5.15. The van der Waals surface area contributed by atoms with Crippen LogP contribution in [-0.4, -0.2) is 63.2 Å². The van der Waals surface area contributed by atoms with Crippen molar-refractivity contribution in [1.29, 1.82) is 0 Å². The zero-order valence-corrected chi connectivity index (χ0v) is 21.6. The molecule has 1 heterocycles. The number of benzene rings is 1. The van der Waals surface area contributed by atoms with Crippen molar-refractivity contribution in [2.24, 2.45) is 10.9 Å². The fraction of sp³-hybridized carbons (Fsp3) is 0.652. The third kappa shape index (κ3) is 12.3. The number of ether oxygens (including phenoxy) is 1. The molecule has 0 spiro atoms. The predicted octanol–water partition coefficient (Wildman–Crippen LogP) is 3.46. The predicted molar refractivity (Wildman–Crippen MR) is 139 cm³/mol. The van der Waals surface area contributed by atoms with E-state index in [1.54, 1.807) is 7.05 Å². The number of hydrogen-bond acceptors (Lipinski definition) is 4. The minimum atomic E-state index is 0. The molecule has 3 N–H and O–H groups in total. The Balaban J connectivity index is 0.00000480. The van der Waals surface area contributed by atoms with Crippen molar-refractivity contribution >= 4 is 41.5 Å². The van der Waals surface area contributed by atoms with Crippen LogP contribution in [0.1, 0.15) is 45.1 Å². The zero-order valence-electron chi connectivity index (χ0n) is 19.3. The number of unbranched alkanes of at least 4 members (excludes halogenated alkanes) is 1. The molecule has 0 aromatic heterocycles. The molecule has 2 rings (SSSR count). The summed E-state index contributed by atoms with van der Waals surface area (Å²) in [6, 6.07) is 7.95. The number of halogens is 1. The molecule has 0 radical (unpaired) electrons. The fourth-order valence-corrected chi connectivity index (χ4v) is 3.36. The highest BCUT2D eigenvalue weighted by atomic mass is 127. The summed E-state index contributed by atoms with van der Waals surface area (Å²) in [6.07, 6.45) is 4.13. The lowest BCUT2D eigenvalue weighted by atomic mass is 10.1. The second kappa shape index (κ2) is 16.3. The van der Waals surface area contributed by atoms with Crippen molar-refractivity contribution in [3.05, 3.63) is 29.8 Å². The highest BCUT2D eigenvalue weighted by Gasteiger charge is 2.12. The number of anilines is 1. The van der Waals surface area contributed by atoms with Crippen molar-refractivity contribution in [2.45, 2.75) is 46.1 Å². The number of aliphatic imine (C=N–C) groups is 1. The van der Waals surface area contributed by atoms with Crippen molar-refractivity contribution in [2.75, 3.05) is 51.8 Å². The quantitative estimate of drug-likeness (QED) is 0.172. The molecule has 0 aliphatic carbocycles. The van der Waals surface area contributed by atoms with Crippen LogP contribution in [0.4, 0.5) is 5.69 Å². The van der Waals surface area contributed by atoms with Crippen molar-refractivity contribution in [3.8, 4) is 0 Å². The molecule has 176 valence electrons. The molecule has 0 atom stereocenters. The molecule has 1 aromatic carbocycles. The maximum absolute atomic E-state index is 12.3. The van der Waals surface area contributed by atoms with E-state index in [9.17, 15) is 4.79 Å². The molecular formula is C23H40IN5O2. The Morgan fingerprint density at radius 2 is 1.97 bits per heavy atom. The second-order valence-electron chi connectivity index (χ2n) is 8.19. The first-order valence-electron chi connectivity index (χ1n) is 11.2. The van der Waals surface area contributed by atoms with Crippen molar-refractivity contribution < 1.29 is 9.53 Å². The fourth-order valence-electron chi connectivity index (χ4n) is 3.36. The van der Waals surface area contributed by atoms with Gasteiger partial charge in [-0.3, -0.25) is 14.7 Å². The van der Waals surface area contributed by atoms with E-state index in [1.165, 1.54) is 12.8 Å². The standard InChI is InChI=1S/C23H39N5O2.HI/c1-19(2)7-4-5-11-25-23(24-3)26-18-20-8-6-9-21(17-20)27-22(29)10-12-28-13-15-30-16-14-28;/h6,8-9,17,19H,4-5,7,10-16,18H2,1-3H3,(H,27,29)(H2,24,25,26);1H. The van der Waals surface area contributed by atoms with Crippen LogP contribution in [0.3, 0.4) is 0 Å². The molecule has 31 heavy (non-hydrogen) atoms. The first kappa shape index (κ1) is 27.6. The summed E-state index contributed by atoms with van der Waals surface area (Å²) in [7, 11) is 1.79. The maximum atomic E-state index is 12.3. The van der Waals surface area contributed by atoms with Gasteiger partial charge in [0.05, 0.1) is 13.2 Å². The number of nitrogens with one attached hydrogen (secondary N) is 3. The number of nitrogens with zero attached hydrogens (tertiary/aromatic N) is 2. The molecule has 0 saturated carbocycles. The van der Waals surface area contributed by atoms with E-state index in [4.69, 9.17) is 4.74 Å². The van der Waals surface area contributed by atoms with Gasteiger partial charge in [0.25, 0.3) is 0 Å². The monoisotopic (exact) mass is 545 g/mol. The lowest BCUT2D eigenvalue weighted by molar-refractivity contribution is -0.116. The van der Waals surface area contributed by atoms with Gasteiger partial charge < -0.3 is 20.7 Å². The van der Waals surface area contributed by atoms with E-state index in [1.807, 2.05) is 24.3 Å². The normalized spacial score (nSPS) is 14.8. The van der Waals surface area contributed by atoms with E-state index in [0.717, 1.165) is 68.9 Å². The van der Waals surface area contributed by atoms with E-state index in [-0.39, 0.29) is 29.9 Å². The number of carbonyl (C=O) groups excluding carboxylic acids is 1. The van der Waals surface area contributed by atoms with Gasteiger partial charge in [-0.15, -0.1) is 24.0 Å². The Morgan fingerprint density at radius 3 is 2.68 bits per heavy atom. The average molecular weight is 546 g/mol. The minimum Gasteiger partial charge on any atom is -0.379 e. The van der Waals surface area contributed by atoms with Gasteiger partial charge in [0.2, 0.25) is 5.91 Å². The molecule has 0 unspecified atom stereocenters. The lowest BCUT2D eigenvalue weighted by Gasteiger charge is -2.26. The second-order valence-corrected chi connectivity index (χ2v) is 8.19. The molecule has 0 bridgehead atoms. The average Bonchev–Trinajstić information content (AvgIpc) is 2.75. The van der Waals surface area contributed by atoms with Gasteiger partial charge in [-0.05, 0) is 30.0 Å². The van der Waals surface area contributed by atoms with Crippen LogP contribution in [0, 0.1) is 5.92 Å². The van der Waals surface area contributed by atoms with Gasteiger partial charge in [-0.1, -0.05) is 38.8 Å². The van der Waals surface area contributed by atoms with Crippen LogP contribution < -0.4 is 16.0 Å². The van der Waals surface area contributed by atoms with E-state index >= 15 is 0 Å². The van der Waals surface area contributed by atoms with Gasteiger partial charge in [0, 0.05) is 51.9 Å². The Hall–Kier alpha value is -1.39. The van der Waals surface area contributed by atoms with Crippen LogP contribution in [0.15, 0.2) is 29.3 Å². The SMILES string of the molecule is CN=C(NCCCCC(C)C)NCc1cccc(NC(=O)CCN2CCOCC2)c1.I. The molecule has 8 heteroatoms. The Bertz CT molecular complexity index is 663. The van der Waals surface area contributed by atoms with Gasteiger partial charge in [0.15, 0.2) is 5.96 Å². The summed E-state index contributed by atoms with van der Waals surface area (Å²) in [5, 5.41) is 9.72. The third-order valence-electron chi connectivity index (χ3n) is 5.15. The van der Waals surface area contributed by atoms with Gasteiger partial charge >= 0.3 is 0 Å². The van der Waals surface area contributed by atoms with Gasteiger partial charge in [0.1, 0.15) is 0 Å². The van der Waals surface area contributed by atoms with Crippen molar-refractivity contribution in [1.82, 2.24) is 15.5 Å². The van der Waals surface area contributed by atoms with Crippen LogP contribution in [0.5, 0.6) is 0 Å². The van der Waals surface area contributed by atoms with E-state index in [2.05, 4.69) is 39.7 Å². The number of carbonyl (C=O) groups is 1. The summed E-state index contributed by atoms with van der Waals surface area (Å²) in [5.41, 5.74) is 1.93.